The van der Waals surface area contributed by atoms with Crippen LogP contribution in [0, 0.1) is 0 Å². The molecule has 0 amide bonds. The number of nitrogens with two attached hydrogens (primary N) is 1. The maximum absolute atomic E-state index is 10.5. The molecule has 1 aromatic rings. The average Bonchev–Trinajstić information content (AvgIpc) is 2.28. The fraction of sp³-hybridized carbons (Fsp3) is 0.200. The molecular formula is C10H13BN2O3. The molecule has 5 nitrogen and oxygen atoms in total. The molecule has 1 aromatic carbocycles. The molecule has 1 rings (SSSR count). The maximum Gasteiger partial charge on any atom is 0.410 e. The lowest BCUT2D eigenvalue weighted by Gasteiger charge is -2.06. The molecule has 1 unspecified atom stereocenters. The van der Waals surface area contributed by atoms with E-state index >= 15 is 0 Å². The van der Waals surface area contributed by atoms with Crippen molar-refractivity contribution >= 4 is 25.6 Å². The van der Waals surface area contributed by atoms with Crippen LogP contribution in [0.4, 0.5) is 0 Å². The topological polar surface area (TPSA) is 84.9 Å². The molecule has 16 heavy (non-hydrogen) atoms. The molecule has 0 fully saturated rings. The Bertz CT molecular complexity index is 367. The van der Waals surface area contributed by atoms with Gasteiger partial charge in [-0.1, -0.05) is 24.3 Å². The lowest BCUT2D eigenvalue weighted by Crippen LogP contribution is -2.32. The van der Waals surface area contributed by atoms with Crippen LogP contribution in [-0.4, -0.2) is 31.3 Å². The molecule has 0 aliphatic rings. The first kappa shape index (κ1) is 12.3. The van der Waals surface area contributed by atoms with E-state index in [1.807, 2.05) is 24.3 Å². The van der Waals surface area contributed by atoms with Crippen molar-refractivity contribution in [3.8, 4) is 0 Å². The van der Waals surface area contributed by atoms with E-state index in [0.29, 0.717) is 13.9 Å². The van der Waals surface area contributed by atoms with Crippen LogP contribution in [0.1, 0.15) is 5.56 Å². The molecule has 84 valence electrons. The number of carboxylic acids is 1. The van der Waals surface area contributed by atoms with Crippen LogP contribution in [0.25, 0.3) is 0 Å². The zero-order chi connectivity index (χ0) is 12.0. The van der Waals surface area contributed by atoms with Gasteiger partial charge in [-0.25, -0.2) is 0 Å². The normalized spacial score (nSPS) is 11.6. The second kappa shape index (κ2) is 5.92. The number of oxime groups is 1. The van der Waals surface area contributed by atoms with Crippen LogP contribution in [-0.2, 0) is 16.0 Å². The summed E-state index contributed by atoms with van der Waals surface area (Å²) in [4.78, 5) is 10.5. The first-order valence-corrected chi connectivity index (χ1v) is 4.77. The van der Waals surface area contributed by atoms with Gasteiger partial charge in [0.1, 0.15) is 6.04 Å². The summed E-state index contributed by atoms with van der Waals surface area (Å²) in [7, 11) is 0.356. The minimum absolute atomic E-state index is 0.316. The highest BCUT2D eigenvalue weighted by molar-refractivity contribution is 6.46. The molecule has 3 N–H and O–H groups in total. The van der Waals surface area contributed by atoms with Gasteiger partial charge in [0, 0.05) is 6.72 Å². The van der Waals surface area contributed by atoms with E-state index in [1.165, 1.54) is 0 Å². The third kappa shape index (κ3) is 3.74. The third-order valence-corrected chi connectivity index (χ3v) is 2.12. The fourth-order valence-corrected chi connectivity index (χ4v) is 1.23. The van der Waals surface area contributed by atoms with Crippen molar-refractivity contribution in [2.45, 2.75) is 12.5 Å². The Hall–Kier alpha value is -1.82. The Morgan fingerprint density at radius 2 is 2.19 bits per heavy atom. The number of nitrogens with zero attached hydrogens (tertiary/aromatic N) is 1. The van der Waals surface area contributed by atoms with E-state index in [0.717, 1.165) is 11.0 Å². The van der Waals surface area contributed by atoms with Crippen molar-refractivity contribution < 1.29 is 14.7 Å². The highest BCUT2D eigenvalue weighted by Gasteiger charge is 2.11. The van der Waals surface area contributed by atoms with Crippen molar-refractivity contribution in [2.75, 3.05) is 0 Å². The van der Waals surface area contributed by atoms with Crippen LogP contribution >= 0.6 is 0 Å². The van der Waals surface area contributed by atoms with Crippen molar-refractivity contribution in [1.29, 1.82) is 0 Å². The van der Waals surface area contributed by atoms with Gasteiger partial charge in [-0.05, 0) is 17.4 Å². The molecule has 0 aromatic heterocycles. The lowest BCUT2D eigenvalue weighted by molar-refractivity contribution is -0.138. The van der Waals surface area contributed by atoms with Crippen LogP contribution in [0.3, 0.4) is 0 Å². The summed E-state index contributed by atoms with van der Waals surface area (Å²) < 4.78 is 4.77. The standard InChI is InChI=1S/C10H13BN2O3/c1-13-16-11-8-4-2-7(3-5-8)6-9(12)10(14)15/h2-5,9,11H,1,6,12H2,(H,14,15). The Morgan fingerprint density at radius 1 is 1.56 bits per heavy atom. The second-order valence-electron chi connectivity index (χ2n) is 3.37. The number of carbonyl (C=O) groups is 1. The summed E-state index contributed by atoms with van der Waals surface area (Å²) in [5.74, 6) is -0.997. The van der Waals surface area contributed by atoms with Gasteiger partial charge in [0.2, 0.25) is 0 Å². The molecule has 6 heteroatoms. The summed E-state index contributed by atoms with van der Waals surface area (Å²) in [5.41, 5.74) is 7.24. The molecule has 0 spiro atoms. The highest BCUT2D eigenvalue weighted by atomic mass is 16.6. The molecule has 0 aliphatic heterocycles. The monoisotopic (exact) mass is 220 g/mol. The summed E-state index contributed by atoms with van der Waals surface area (Å²) in [6.45, 7) is 3.20. The van der Waals surface area contributed by atoms with Gasteiger partial charge in [0.05, 0.1) is 0 Å². The molecule has 0 saturated carbocycles. The number of hydrogen-bond acceptors (Lipinski definition) is 4. The predicted octanol–water partition coefficient (Wildman–Crippen LogP) is -0.750. The molecule has 1 atom stereocenters. The zero-order valence-corrected chi connectivity index (χ0v) is 8.80. The van der Waals surface area contributed by atoms with Gasteiger partial charge in [0.15, 0.2) is 0 Å². The first-order chi connectivity index (χ1) is 7.63. The van der Waals surface area contributed by atoms with Crippen LogP contribution in [0.15, 0.2) is 29.4 Å². The van der Waals surface area contributed by atoms with Gasteiger partial charge in [-0.15, -0.1) is 5.16 Å². The van der Waals surface area contributed by atoms with Gasteiger partial charge < -0.3 is 15.6 Å². The summed E-state index contributed by atoms with van der Waals surface area (Å²) in [6, 6.07) is 6.47. The molecule has 0 heterocycles. The van der Waals surface area contributed by atoms with Crippen molar-refractivity contribution in [2.24, 2.45) is 10.9 Å². The van der Waals surface area contributed by atoms with Crippen molar-refractivity contribution in [3.05, 3.63) is 29.8 Å². The van der Waals surface area contributed by atoms with Crippen LogP contribution < -0.4 is 11.2 Å². The van der Waals surface area contributed by atoms with Crippen LogP contribution in [0.5, 0.6) is 0 Å². The van der Waals surface area contributed by atoms with E-state index in [-0.39, 0.29) is 0 Å². The highest BCUT2D eigenvalue weighted by Crippen LogP contribution is 2.00. The van der Waals surface area contributed by atoms with Gasteiger partial charge >= 0.3 is 13.5 Å². The van der Waals surface area contributed by atoms with E-state index < -0.39 is 12.0 Å². The number of aliphatic carboxylic acids is 1. The molecule has 0 radical (unpaired) electrons. The zero-order valence-electron chi connectivity index (χ0n) is 8.80. The number of carboxylic acid groups (broad SMARTS) is 1. The van der Waals surface area contributed by atoms with E-state index in [1.54, 1.807) is 0 Å². The molecule has 0 aliphatic carbocycles. The summed E-state index contributed by atoms with van der Waals surface area (Å²) in [5, 5.41) is 11.9. The van der Waals surface area contributed by atoms with Gasteiger partial charge in [-0.2, -0.15) is 0 Å². The minimum Gasteiger partial charge on any atom is -0.480 e. The Balaban J connectivity index is 2.57. The quantitative estimate of drug-likeness (QED) is 0.375. The maximum atomic E-state index is 10.5. The lowest BCUT2D eigenvalue weighted by atomic mass is 9.87. The number of rotatable bonds is 6. The molecule has 0 saturated heterocycles. The van der Waals surface area contributed by atoms with E-state index in [2.05, 4.69) is 11.9 Å². The number of benzene rings is 1. The first-order valence-electron chi connectivity index (χ1n) is 4.77. The average molecular weight is 220 g/mol. The molecular weight excluding hydrogens is 207 g/mol. The van der Waals surface area contributed by atoms with Crippen molar-refractivity contribution in [1.82, 2.24) is 0 Å². The SMILES string of the molecule is C=NOBc1ccc(CC(N)C(=O)O)cc1. The number of hydrogen-bond donors (Lipinski definition) is 2. The van der Waals surface area contributed by atoms with E-state index in [9.17, 15) is 4.79 Å². The Labute approximate surface area is 94.2 Å². The Kier molecular flexibility index (Phi) is 4.53. The van der Waals surface area contributed by atoms with Gasteiger partial charge in [-0.3, -0.25) is 4.79 Å². The minimum atomic E-state index is -0.997. The summed E-state index contributed by atoms with van der Waals surface area (Å²) in [6.07, 6.45) is 0.316. The largest absolute Gasteiger partial charge is 0.480 e. The Morgan fingerprint density at radius 3 is 2.69 bits per heavy atom. The third-order valence-electron chi connectivity index (χ3n) is 2.12. The second-order valence-corrected chi connectivity index (χ2v) is 3.37. The van der Waals surface area contributed by atoms with Crippen molar-refractivity contribution in [3.63, 3.8) is 0 Å². The summed E-state index contributed by atoms with van der Waals surface area (Å²) >= 11 is 0. The van der Waals surface area contributed by atoms with Gasteiger partial charge in [0.25, 0.3) is 0 Å². The fourth-order valence-electron chi connectivity index (χ4n) is 1.23. The van der Waals surface area contributed by atoms with Crippen LogP contribution in [0.2, 0.25) is 0 Å². The smallest absolute Gasteiger partial charge is 0.410 e. The molecule has 0 bridgehead atoms. The van der Waals surface area contributed by atoms with E-state index in [4.69, 9.17) is 15.6 Å². The predicted molar refractivity (Wildman–Crippen MR) is 63.2 cm³/mol.